The molecular weight excluding hydrogens is 334 g/mol. The number of nitrogens with zero attached hydrogens (tertiary/aromatic N) is 1. The number of thioether (sulfide) groups is 2. The Hall–Kier alpha value is -0.250. The number of hydrogen-bond donors (Lipinski definition) is 0. The zero-order valence-corrected chi connectivity index (χ0v) is 16.8. The van der Waals surface area contributed by atoms with Crippen molar-refractivity contribution in [2.24, 2.45) is 11.3 Å². The lowest BCUT2D eigenvalue weighted by Crippen LogP contribution is -2.25. The van der Waals surface area contributed by atoms with Gasteiger partial charge in [0.1, 0.15) is 8.28 Å². The van der Waals surface area contributed by atoms with Crippen molar-refractivity contribution in [1.82, 2.24) is 0 Å². The van der Waals surface area contributed by atoms with E-state index in [0.717, 1.165) is 9.28 Å². The number of carbonyl (C=O) groups excluding carboxylic acids is 1. The molecule has 2 unspecified atom stereocenters. The minimum atomic E-state index is -0.673. The third kappa shape index (κ3) is 9.02. The molecule has 0 rings (SSSR count). The van der Waals surface area contributed by atoms with E-state index >= 15 is 0 Å². The van der Waals surface area contributed by atoms with Gasteiger partial charge in [0.25, 0.3) is 0 Å². The normalized spacial score (nSPS) is 15.5. The second-order valence-corrected chi connectivity index (χ2v) is 10.5. The molecule has 0 fully saturated rings. The molecule has 0 amide bonds. The van der Waals surface area contributed by atoms with Crippen molar-refractivity contribution >= 4 is 45.2 Å². The van der Waals surface area contributed by atoms with Crippen molar-refractivity contribution < 1.29 is 9.53 Å². The monoisotopic (exact) mass is 361 g/mol. The number of esters is 1. The summed E-state index contributed by atoms with van der Waals surface area (Å²) in [4.78, 5) is 11.9. The highest BCUT2D eigenvalue weighted by Gasteiger charge is 2.28. The molecule has 0 spiro atoms. The first kappa shape index (κ1) is 21.8. The molecule has 22 heavy (non-hydrogen) atoms. The fourth-order valence-corrected chi connectivity index (χ4v) is 4.24. The summed E-state index contributed by atoms with van der Waals surface area (Å²) in [6, 6.07) is 2.27. The lowest BCUT2D eigenvalue weighted by Gasteiger charge is -2.27. The van der Waals surface area contributed by atoms with Crippen LogP contribution >= 0.6 is 35.7 Å². The van der Waals surface area contributed by atoms with Crippen LogP contribution in [0, 0.1) is 22.7 Å². The Morgan fingerprint density at radius 1 is 1.36 bits per heavy atom. The predicted molar refractivity (Wildman–Crippen MR) is 101 cm³/mol. The van der Waals surface area contributed by atoms with Crippen LogP contribution in [0.25, 0.3) is 0 Å². The van der Waals surface area contributed by atoms with Gasteiger partial charge in [-0.3, -0.25) is 4.79 Å². The summed E-state index contributed by atoms with van der Waals surface area (Å²) < 4.78 is 5.41. The van der Waals surface area contributed by atoms with Crippen molar-refractivity contribution in [3.63, 3.8) is 0 Å². The first-order chi connectivity index (χ1) is 10.0. The SMILES string of the molecule is CCSC(=S)SC(C)(C#N)CCC(=O)OCC(C)C(C)(C)C. The number of ether oxygens (including phenoxy) is 1. The molecule has 3 nitrogen and oxygen atoms in total. The van der Waals surface area contributed by atoms with E-state index in [1.54, 1.807) is 11.8 Å². The minimum Gasteiger partial charge on any atom is -0.465 e. The van der Waals surface area contributed by atoms with Gasteiger partial charge in [-0.25, -0.2) is 0 Å². The number of hydrogen-bond acceptors (Lipinski definition) is 6. The van der Waals surface area contributed by atoms with Crippen molar-refractivity contribution in [3.05, 3.63) is 0 Å². The second-order valence-electron chi connectivity index (χ2n) is 6.58. The van der Waals surface area contributed by atoms with Crippen molar-refractivity contribution in [3.8, 4) is 6.07 Å². The topological polar surface area (TPSA) is 50.1 Å². The summed E-state index contributed by atoms with van der Waals surface area (Å²) in [7, 11) is 0. The molecule has 0 saturated heterocycles. The van der Waals surface area contributed by atoms with E-state index in [2.05, 4.69) is 33.8 Å². The fraction of sp³-hybridized carbons (Fsp3) is 0.812. The number of carbonyl (C=O) groups is 1. The molecule has 0 aliphatic heterocycles. The number of nitriles is 1. The zero-order chi connectivity index (χ0) is 17.4. The van der Waals surface area contributed by atoms with Gasteiger partial charge in [0.2, 0.25) is 0 Å². The molecule has 126 valence electrons. The zero-order valence-electron chi connectivity index (χ0n) is 14.4. The minimum absolute atomic E-state index is 0.112. The molecule has 2 atom stereocenters. The Bertz CT molecular complexity index is 426. The second kappa shape index (κ2) is 9.79. The van der Waals surface area contributed by atoms with Crippen LogP contribution in [-0.2, 0) is 9.53 Å². The Morgan fingerprint density at radius 3 is 2.41 bits per heavy atom. The summed E-state index contributed by atoms with van der Waals surface area (Å²) in [5.41, 5.74) is 0.112. The first-order valence-corrected chi connectivity index (χ1v) is 9.67. The highest BCUT2D eigenvalue weighted by molar-refractivity contribution is 8.47. The van der Waals surface area contributed by atoms with E-state index in [9.17, 15) is 10.1 Å². The van der Waals surface area contributed by atoms with Crippen LogP contribution in [0.4, 0.5) is 0 Å². The largest absolute Gasteiger partial charge is 0.465 e. The maximum Gasteiger partial charge on any atom is 0.305 e. The molecule has 0 aliphatic carbocycles. The van der Waals surface area contributed by atoms with Gasteiger partial charge >= 0.3 is 5.97 Å². The molecule has 0 heterocycles. The maximum absolute atomic E-state index is 11.9. The van der Waals surface area contributed by atoms with Gasteiger partial charge in [0, 0.05) is 6.42 Å². The van der Waals surface area contributed by atoms with Crippen LogP contribution in [-0.4, -0.2) is 26.6 Å². The van der Waals surface area contributed by atoms with Crippen LogP contribution in [0.15, 0.2) is 0 Å². The molecule has 0 radical (unpaired) electrons. The van der Waals surface area contributed by atoms with E-state index in [1.807, 2.05) is 13.8 Å². The van der Waals surface area contributed by atoms with Gasteiger partial charge in [-0.2, -0.15) is 5.26 Å². The summed E-state index contributed by atoms with van der Waals surface area (Å²) in [5.74, 6) is 0.939. The molecule has 0 aliphatic rings. The van der Waals surface area contributed by atoms with E-state index in [-0.39, 0.29) is 17.8 Å². The van der Waals surface area contributed by atoms with Crippen molar-refractivity contribution in [2.75, 3.05) is 12.4 Å². The molecule has 0 aromatic heterocycles. The van der Waals surface area contributed by atoms with Gasteiger partial charge in [-0.05, 0) is 30.4 Å². The summed E-state index contributed by atoms with van der Waals surface area (Å²) in [6.07, 6.45) is 0.689. The van der Waals surface area contributed by atoms with Crippen LogP contribution in [0.2, 0.25) is 0 Å². The fourth-order valence-electron chi connectivity index (χ4n) is 1.34. The van der Waals surface area contributed by atoms with Gasteiger partial charge in [0.15, 0.2) is 0 Å². The Kier molecular flexibility index (Phi) is 9.68. The van der Waals surface area contributed by atoms with E-state index < -0.39 is 4.75 Å². The van der Waals surface area contributed by atoms with Crippen LogP contribution < -0.4 is 0 Å². The first-order valence-electron chi connectivity index (χ1n) is 7.46. The molecule has 0 bridgehead atoms. The predicted octanol–water partition coefficient (Wildman–Crippen LogP) is 5.05. The smallest absolute Gasteiger partial charge is 0.305 e. The summed E-state index contributed by atoms with van der Waals surface area (Å²) in [6.45, 7) is 12.7. The molecular formula is C16H27NO2S3. The number of thiocarbonyl (C=S) groups is 1. The molecule has 0 aromatic carbocycles. The van der Waals surface area contributed by atoms with Crippen LogP contribution in [0.1, 0.15) is 54.4 Å². The van der Waals surface area contributed by atoms with Gasteiger partial charge in [-0.1, -0.05) is 58.6 Å². The van der Waals surface area contributed by atoms with Gasteiger partial charge in [0.05, 0.1) is 12.7 Å². The van der Waals surface area contributed by atoms with E-state index in [4.69, 9.17) is 17.0 Å². The Morgan fingerprint density at radius 2 is 1.95 bits per heavy atom. The van der Waals surface area contributed by atoms with E-state index in [1.165, 1.54) is 11.8 Å². The average Bonchev–Trinajstić information content (AvgIpc) is 2.41. The number of rotatable bonds is 7. The third-order valence-electron chi connectivity index (χ3n) is 3.59. The average molecular weight is 362 g/mol. The van der Waals surface area contributed by atoms with E-state index in [0.29, 0.717) is 18.9 Å². The van der Waals surface area contributed by atoms with Crippen LogP contribution in [0.5, 0.6) is 0 Å². The molecule has 0 N–H and O–H groups in total. The van der Waals surface area contributed by atoms with Crippen LogP contribution in [0.3, 0.4) is 0 Å². The lowest BCUT2D eigenvalue weighted by molar-refractivity contribution is -0.146. The van der Waals surface area contributed by atoms with Gasteiger partial charge < -0.3 is 4.74 Å². The molecule has 0 saturated carbocycles. The molecule has 6 heteroatoms. The van der Waals surface area contributed by atoms with Gasteiger partial charge in [-0.15, -0.1) is 11.8 Å². The maximum atomic E-state index is 11.9. The third-order valence-corrected chi connectivity index (χ3v) is 6.23. The van der Waals surface area contributed by atoms with Crippen molar-refractivity contribution in [1.29, 1.82) is 5.26 Å². The van der Waals surface area contributed by atoms with Crippen molar-refractivity contribution in [2.45, 2.75) is 59.1 Å². The summed E-state index contributed by atoms with van der Waals surface area (Å²) >= 11 is 8.15. The standard InChI is InChI=1S/C16H27NO2S3/c1-7-21-14(20)22-16(6,11-17)9-8-13(18)19-10-12(2)15(3,4)5/h12H,7-10H2,1-6H3. The quantitative estimate of drug-likeness (QED) is 0.467. The summed E-state index contributed by atoms with van der Waals surface area (Å²) in [5, 5.41) is 9.35. The highest BCUT2D eigenvalue weighted by atomic mass is 32.2. The Balaban J connectivity index is 4.31. The molecule has 0 aromatic rings. The Labute approximate surface area is 148 Å². The lowest BCUT2D eigenvalue weighted by atomic mass is 9.83. The highest BCUT2D eigenvalue weighted by Crippen LogP contribution is 2.34.